The van der Waals surface area contributed by atoms with E-state index in [0.29, 0.717) is 31.6 Å². The Morgan fingerprint density at radius 1 is 0.318 bits per heavy atom. The van der Waals surface area contributed by atoms with Gasteiger partial charge in [0, 0.05) is 25.7 Å². The Morgan fingerprint density at radius 2 is 0.541 bits per heavy atom. The number of hydrogen-bond donors (Lipinski definition) is 3. The molecule has 0 aromatic carbocycles. The van der Waals surface area contributed by atoms with Crippen molar-refractivity contribution in [1.29, 1.82) is 0 Å². The molecule has 0 aliphatic heterocycles. The van der Waals surface area contributed by atoms with Gasteiger partial charge >= 0.3 is 39.5 Å². The van der Waals surface area contributed by atoms with Crippen LogP contribution in [0, 0.1) is 11.8 Å². The lowest BCUT2D eigenvalue weighted by atomic mass is 10.0. The second-order valence-electron chi connectivity index (χ2n) is 24.8. The number of ether oxygens (including phenoxy) is 4. The fraction of sp³-hybridized carbons (Fsp3) is 0.939. The zero-order valence-electron chi connectivity index (χ0n) is 54.9. The third-order valence-electron chi connectivity index (χ3n) is 15.2. The molecule has 0 saturated heterocycles. The van der Waals surface area contributed by atoms with E-state index in [-0.39, 0.29) is 25.7 Å². The molecule has 2 unspecified atom stereocenters. The summed E-state index contributed by atoms with van der Waals surface area (Å²) in [6.45, 7) is 9.37. The maximum atomic E-state index is 13.0. The molecule has 0 spiro atoms. The van der Waals surface area contributed by atoms with E-state index >= 15 is 0 Å². The zero-order valence-corrected chi connectivity index (χ0v) is 56.7. The van der Waals surface area contributed by atoms with Crippen LogP contribution in [-0.2, 0) is 65.4 Å². The summed E-state index contributed by atoms with van der Waals surface area (Å²) in [5.41, 5.74) is 0. The van der Waals surface area contributed by atoms with Crippen molar-refractivity contribution in [3.05, 3.63) is 0 Å². The van der Waals surface area contributed by atoms with Crippen LogP contribution in [0.1, 0.15) is 330 Å². The van der Waals surface area contributed by atoms with Gasteiger partial charge in [-0.2, -0.15) is 0 Å². The number of aliphatic hydroxyl groups is 1. The molecule has 0 amide bonds. The quantitative estimate of drug-likeness (QED) is 0.0222. The van der Waals surface area contributed by atoms with Crippen molar-refractivity contribution in [2.75, 3.05) is 39.6 Å². The third-order valence-corrected chi connectivity index (χ3v) is 17.1. The molecule has 0 aliphatic rings. The van der Waals surface area contributed by atoms with Crippen molar-refractivity contribution < 1.29 is 80.2 Å². The molecule has 17 nitrogen and oxygen atoms in total. The molecule has 0 rings (SSSR count). The van der Waals surface area contributed by atoms with Crippen molar-refractivity contribution >= 4 is 39.5 Å². The van der Waals surface area contributed by atoms with Gasteiger partial charge in [-0.3, -0.25) is 37.3 Å². The largest absolute Gasteiger partial charge is 0.472 e. The van der Waals surface area contributed by atoms with Crippen LogP contribution >= 0.6 is 15.6 Å². The summed E-state index contributed by atoms with van der Waals surface area (Å²) >= 11 is 0. The highest BCUT2D eigenvalue weighted by molar-refractivity contribution is 7.47. The Kier molecular flexibility index (Phi) is 57.1. The number of carbonyl (C=O) groups is 4. The third kappa shape index (κ3) is 60.7. The Balaban J connectivity index is 5.17. The molecular formula is C66H128O17P2. The number of phosphoric acid groups is 2. The lowest BCUT2D eigenvalue weighted by Crippen LogP contribution is -2.30. The molecule has 0 aromatic rings. The highest BCUT2D eigenvalue weighted by Gasteiger charge is 2.30. The van der Waals surface area contributed by atoms with E-state index in [2.05, 4.69) is 41.5 Å². The minimum absolute atomic E-state index is 0.102. The first-order valence-electron chi connectivity index (χ1n) is 34.5. The monoisotopic (exact) mass is 1250 g/mol. The summed E-state index contributed by atoms with van der Waals surface area (Å²) in [5, 5.41) is 10.5. The van der Waals surface area contributed by atoms with Crippen molar-refractivity contribution in [3.63, 3.8) is 0 Å². The first kappa shape index (κ1) is 83.1. The van der Waals surface area contributed by atoms with Crippen LogP contribution in [0.2, 0.25) is 0 Å². The van der Waals surface area contributed by atoms with Crippen LogP contribution < -0.4 is 0 Å². The topological polar surface area (TPSA) is 237 Å². The standard InChI is InChI=1S/C66H128O17P2/c1-7-9-11-13-14-15-16-17-18-19-23-26-31-37-43-49-64(69)77-55-62(83-65(70)50-44-38-32-27-24-21-20-22-25-29-35-40-46-58(3)4)57-81-85(74,75)79-53-60(67)52-78-84(72,73)80-56-61(54-76-63(68)48-42-34-12-10-8-2)82-66(71)51-45-39-33-28-30-36-41-47-59(5)6/h58-62,67H,7-57H2,1-6H3,(H,72,73)(H,74,75)/t60-,61+,62+/m0/s1. The van der Waals surface area contributed by atoms with E-state index in [1.54, 1.807) is 0 Å². The van der Waals surface area contributed by atoms with Crippen molar-refractivity contribution in [2.45, 2.75) is 349 Å². The van der Waals surface area contributed by atoms with Gasteiger partial charge in [0.1, 0.15) is 19.3 Å². The molecule has 0 bridgehead atoms. The van der Waals surface area contributed by atoms with Crippen LogP contribution in [0.15, 0.2) is 0 Å². The van der Waals surface area contributed by atoms with E-state index in [4.69, 9.17) is 37.0 Å². The van der Waals surface area contributed by atoms with Gasteiger partial charge in [-0.25, -0.2) is 9.13 Å². The van der Waals surface area contributed by atoms with Crippen LogP contribution in [0.5, 0.6) is 0 Å². The number of esters is 4. The first-order chi connectivity index (χ1) is 40.9. The van der Waals surface area contributed by atoms with Gasteiger partial charge in [-0.05, 0) is 37.5 Å². The number of hydrogen-bond acceptors (Lipinski definition) is 15. The minimum atomic E-state index is -4.95. The summed E-state index contributed by atoms with van der Waals surface area (Å²) in [6, 6.07) is 0. The summed E-state index contributed by atoms with van der Waals surface area (Å²) in [5.74, 6) is -0.669. The molecule has 85 heavy (non-hydrogen) atoms. The Hall–Kier alpha value is -1.94. The Labute approximate surface area is 517 Å². The van der Waals surface area contributed by atoms with Crippen LogP contribution in [0.3, 0.4) is 0 Å². The fourth-order valence-corrected chi connectivity index (χ4v) is 11.5. The van der Waals surface area contributed by atoms with Crippen LogP contribution in [-0.4, -0.2) is 96.7 Å². The average Bonchev–Trinajstić information content (AvgIpc) is 3.50. The molecule has 0 heterocycles. The minimum Gasteiger partial charge on any atom is -0.462 e. The van der Waals surface area contributed by atoms with E-state index in [1.165, 1.54) is 141 Å². The van der Waals surface area contributed by atoms with E-state index in [1.807, 2.05) is 0 Å². The molecule has 19 heteroatoms. The van der Waals surface area contributed by atoms with Gasteiger partial charge in [-0.15, -0.1) is 0 Å². The van der Waals surface area contributed by atoms with Gasteiger partial charge < -0.3 is 33.8 Å². The lowest BCUT2D eigenvalue weighted by Gasteiger charge is -2.21. The highest BCUT2D eigenvalue weighted by atomic mass is 31.2. The summed E-state index contributed by atoms with van der Waals surface area (Å²) in [4.78, 5) is 72.1. The number of unbranched alkanes of at least 4 members (excludes halogenated alkanes) is 35. The number of rotatable bonds is 65. The van der Waals surface area contributed by atoms with E-state index < -0.39 is 97.5 Å². The molecule has 0 aromatic heterocycles. The summed E-state index contributed by atoms with van der Waals surface area (Å²) in [7, 11) is -9.88. The number of carbonyl (C=O) groups excluding carboxylic acids is 4. The zero-order chi connectivity index (χ0) is 62.9. The molecule has 0 aliphatic carbocycles. The van der Waals surface area contributed by atoms with E-state index in [9.17, 15) is 43.2 Å². The normalized spacial score (nSPS) is 14.2. The Bertz CT molecular complexity index is 1670. The van der Waals surface area contributed by atoms with Gasteiger partial charge in [-0.1, -0.05) is 279 Å². The number of aliphatic hydroxyl groups excluding tert-OH is 1. The van der Waals surface area contributed by atoms with Gasteiger partial charge in [0.15, 0.2) is 12.2 Å². The van der Waals surface area contributed by atoms with Gasteiger partial charge in [0.2, 0.25) is 0 Å². The predicted octanol–water partition coefficient (Wildman–Crippen LogP) is 18.4. The molecule has 0 saturated carbocycles. The fourth-order valence-electron chi connectivity index (χ4n) is 9.88. The number of phosphoric ester groups is 2. The lowest BCUT2D eigenvalue weighted by molar-refractivity contribution is -0.161. The second-order valence-corrected chi connectivity index (χ2v) is 27.7. The van der Waals surface area contributed by atoms with Crippen molar-refractivity contribution in [3.8, 4) is 0 Å². The molecule has 3 N–H and O–H groups in total. The molecule has 504 valence electrons. The molecular weight excluding hydrogens is 1130 g/mol. The van der Waals surface area contributed by atoms with Gasteiger partial charge in [0.05, 0.1) is 26.4 Å². The van der Waals surface area contributed by atoms with Crippen molar-refractivity contribution in [2.24, 2.45) is 11.8 Å². The molecule has 0 radical (unpaired) electrons. The van der Waals surface area contributed by atoms with Crippen LogP contribution in [0.4, 0.5) is 0 Å². The predicted molar refractivity (Wildman–Crippen MR) is 340 cm³/mol. The second kappa shape index (κ2) is 58.4. The van der Waals surface area contributed by atoms with Crippen LogP contribution in [0.25, 0.3) is 0 Å². The summed E-state index contributed by atoms with van der Waals surface area (Å²) in [6.07, 6.45) is 42.1. The van der Waals surface area contributed by atoms with E-state index in [0.717, 1.165) is 102 Å². The molecule has 5 atom stereocenters. The highest BCUT2D eigenvalue weighted by Crippen LogP contribution is 2.45. The maximum absolute atomic E-state index is 13.0. The SMILES string of the molecule is CCCCCCCCCCCCCCCCCC(=O)OC[C@H](COP(=O)(O)OC[C@@H](O)COP(=O)(O)OC[C@@H](COC(=O)CCCCCCC)OC(=O)CCCCCCCCCC(C)C)OC(=O)CCCCCCCCCCCCCCC(C)C. The van der Waals surface area contributed by atoms with Crippen molar-refractivity contribution in [1.82, 2.24) is 0 Å². The maximum Gasteiger partial charge on any atom is 0.472 e. The molecule has 0 fully saturated rings. The summed E-state index contributed by atoms with van der Waals surface area (Å²) < 4.78 is 67.9. The smallest absolute Gasteiger partial charge is 0.462 e. The van der Waals surface area contributed by atoms with Gasteiger partial charge in [0.25, 0.3) is 0 Å². The Morgan fingerprint density at radius 3 is 0.800 bits per heavy atom. The first-order valence-corrected chi connectivity index (χ1v) is 37.5. The average molecular weight is 1260 g/mol.